The van der Waals surface area contributed by atoms with E-state index in [2.05, 4.69) is 76.7 Å². The molecule has 0 radical (unpaired) electrons. The lowest BCUT2D eigenvalue weighted by molar-refractivity contribution is -0.141. The van der Waals surface area contributed by atoms with E-state index in [1.54, 1.807) is 0 Å². The van der Waals surface area contributed by atoms with E-state index < -0.39 is 0 Å². The van der Waals surface area contributed by atoms with Gasteiger partial charge in [-0.05, 0) is 88.4 Å². The molecule has 0 N–H and O–H groups in total. The molecule has 5 nitrogen and oxygen atoms in total. The van der Waals surface area contributed by atoms with E-state index in [-0.39, 0.29) is 10.8 Å². The third-order valence-electron chi connectivity index (χ3n) is 10.2. The van der Waals surface area contributed by atoms with E-state index in [0.29, 0.717) is 24.0 Å². The summed E-state index contributed by atoms with van der Waals surface area (Å²) in [5, 5.41) is 0. The minimum absolute atomic E-state index is 0.149. The molecule has 3 aromatic rings. The van der Waals surface area contributed by atoms with Crippen LogP contribution in [0.4, 0.5) is 0 Å². The van der Waals surface area contributed by atoms with Crippen molar-refractivity contribution in [1.82, 2.24) is 19.4 Å². The number of imidazole rings is 1. The average molecular weight is 527 g/mol. The first-order valence-electron chi connectivity index (χ1n) is 15.2. The van der Waals surface area contributed by atoms with Crippen LogP contribution >= 0.6 is 0 Å². The molecule has 5 heteroatoms. The molecule has 3 aliphatic heterocycles. The van der Waals surface area contributed by atoms with E-state index in [0.717, 1.165) is 43.8 Å². The highest BCUT2D eigenvalue weighted by molar-refractivity contribution is 5.81. The van der Waals surface area contributed by atoms with Gasteiger partial charge >= 0.3 is 0 Å². The summed E-state index contributed by atoms with van der Waals surface area (Å²) < 4.78 is 2.54. The number of likely N-dealkylation sites (tertiary alicyclic amines) is 1. The molecule has 3 fully saturated rings. The van der Waals surface area contributed by atoms with Gasteiger partial charge in [0.1, 0.15) is 5.82 Å². The van der Waals surface area contributed by atoms with Gasteiger partial charge < -0.3 is 9.47 Å². The van der Waals surface area contributed by atoms with Gasteiger partial charge in [-0.3, -0.25) is 9.69 Å². The Kier molecular flexibility index (Phi) is 6.86. The molecule has 6 rings (SSSR count). The van der Waals surface area contributed by atoms with Crippen molar-refractivity contribution in [2.75, 3.05) is 19.6 Å². The number of nitrogens with zero attached hydrogens (tertiary/aromatic N) is 4. The van der Waals surface area contributed by atoms with E-state index in [1.807, 2.05) is 20.8 Å². The summed E-state index contributed by atoms with van der Waals surface area (Å²) in [7, 11) is 0. The highest BCUT2D eigenvalue weighted by atomic mass is 16.2. The summed E-state index contributed by atoms with van der Waals surface area (Å²) in [6.07, 6.45) is 8.38. The summed E-state index contributed by atoms with van der Waals surface area (Å²) in [5.74, 6) is 1.45. The van der Waals surface area contributed by atoms with Gasteiger partial charge in [0.25, 0.3) is 0 Å². The van der Waals surface area contributed by atoms with Crippen LogP contribution in [0.5, 0.6) is 0 Å². The zero-order valence-corrected chi connectivity index (χ0v) is 24.6. The van der Waals surface area contributed by atoms with Gasteiger partial charge in [0.2, 0.25) is 5.91 Å². The predicted molar refractivity (Wildman–Crippen MR) is 159 cm³/mol. The first-order chi connectivity index (χ1) is 18.6. The highest BCUT2D eigenvalue weighted by Gasteiger charge is 2.44. The molecule has 4 heterocycles. The number of piperidine rings is 2. The van der Waals surface area contributed by atoms with Gasteiger partial charge in [-0.1, -0.05) is 62.7 Å². The fourth-order valence-corrected chi connectivity index (χ4v) is 7.99. The Morgan fingerprint density at radius 1 is 0.923 bits per heavy atom. The van der Waals surface area contributed by atoms with Crippen molar-refractivity contribution in [3.05, 3.63) is 65.5 Å². The summed E-state index contributed by atoms with van der Waals surface area (Å²) in [6, 6.07) is 19.8. The fraction of sp³-hybridized carbons (Fsp3) is 0.588. The number of carbonyl (C=O) groups excluding carboxylic acids is 1. The smallest absolute Gasteiger partial charge is 0.227 e. The molecule has 2 aromatic carbocycles. The molecule has 1 unspecified atom stereocenters. The molecule has 3 atom stereocenters. The Balaban J connectivity index is 1.19. The van der Waals surface area contributed by atoms with Crippen molar-refractivity contribution in [2.45, 2.75) is 103 Å². The minimum Gasteiger partial charge on any atom is -0.342 e. The zero-order valence-electron chi connectivity index (χ0n) is 24.6. The molecule has 1 aromatic heterocycles. The quantitative estimate of drug-likeness (QED) is 0.366. The maximum atomic E-state index is 13.1. The summed E-state index contributed by atoms with van der Waals surface area (Å²) in [5.41, 5.74) is 5.04. The van der Waals surface area contributed by atoms with E-state index in [9.17, 15) is 4.79 Å². The van der Waals surface area contributed by atoms with Crippen molar-refractivity contribution in [3.8, 4) is 0 Å². The fourth-order valence-electron chi connectivity index (χ4n) is 7.99. The maximum absolute atomic E-state index is 13.1. The van der Waals surface area contributed by atoms with Crippen molar-refractivity contribution < 1.29 is 4.79 Å². The van der Waals surface area contributed by atoms with Crippen LogP contribution < -0.4 is 0 Å². The maximum Gasteiger partial charge on any atom is 0.227 e. The lowest BCUT2D eigenvalue weighted by Gasteiger charge is -2.46. The lowest BCUT2D eigenvalue weighted by atomic mass is 9.69. The standard InChI is InChI=1S/C34H46N4O/c1-24-10-12-26(13-11-24)34(16-19-36(20-17-34)32(39)33(3,4)5)18-21-37-27-14-15-28(37)23-29(22-27)38-25(2)35-30-8-6-7-9-31(30)38/h6-13,27-29H,14-23H2,1-5H3/t27-,28+,29?. The van der Waals surface area contributed by atoms with E-state index in [4.69, 9.17) is 4.98 Å². The zero-order chi connectivity index (χ0) is 27.4. The third-order valence-corrected chi connectivity index (χ3v) is 10.2. The van der Waals surface area contributed by atoms with Crippen LogP contribution in [0.2, 0.25) is 0 Å². The van der Waals surface area contributed by atoms with E-state index in [1.165, 1.54) is 48.7 Å². The molecule has 0 spiro atoms. The molecule has 1 amide bonds. The summed E-state index contributed by atoms with van der Waals surface area (Å²) in [4.78, 5) is 22.9. The third kappa shape index (κ3) is 4.92. The Morgan fingerprint density at radius 2 is 1.56 bits per heavy atom. The lowest BCUT2D eigenvalue weighted by Crippen LogP contribution is -2.50. The van der Waals surface area contributed by atoms with Crippen LogP contribution in [-0.4, -0.2) is 57.0 Å². The first-order valence-corrected chi connectivity index (χ1v) is 15.2. The predicted octanol–water partition coefficient (Wildman–Crippen LogP) is 6.82. The van der Waals surface area contributed by atoms with Crippen LogP contribution in [0.3, 0.4) is 0 Å². The van der Waals surface area contributed by atoms with Crippen molar-refractivity contribution in [2.24, 2.45) is 5.41 Å². The van der Waals surface area contributed by atoms with Gasteiger partial charge in [0.15, 0.2) is 0 Å². The van der Waals surface area contributed by atoms with Gasteiger partial charge in [0.05, 0.1) is 11.0 Å². The second-order valence-corrected chi connectivity index (χ2v) is 13.7. The largest absolute Gasteiger partial charge is 0.342 e. The van der Waals surface area contributed by atoms with E-state index >= 15 is 0 Å². The van der Waals surface area contributed by atoms with Gasteiger partial charge in [-0.25, -0.2) is 4.98 Å². The number of hydrogen-bond acceptors (Lipinski definition) is 3. The molecule has 3 saturated heterocycles. The molecular formula is C34H46N4O. The van der Waals surface area contributed by atoms with Gasteiger partial charge in [0, 0.05) is 36.6 Å². The summed E-state index contributed by atoms with van der Waals surface area (Å²) in [6.45, 7) is 13.4. The van der Waals surface area contributed by atoms with Gasteiger partial charge in [-0.2, -0.15) is 0 Å². The van der Waals surface area contributed by atoms with Crippen LogP contribution in [-0.2, 0) is 10.2 Å². The Bertz CT molecular complexity index is 1310. The number of benzene rings is 2. The molecule has 0 aliphatic carbocycles. The second kappa shape index (κ2) is 10.1. The number of para-hydroxylation sites is 2. The minimum atomic E-state index is -0.313. The van der Waals surface area contributed by atoms with Gasteiger partial charge in [-0.15, -0.1) is 0 Å². The number of aromatic nitrogens is 2. The van der Waals surface area contributed by atoms with Crippen LogP contribution in [0.25, 0.3) is 11.0 Å². The van der Waals surface area contributed by atoms with Crippen LogP contribution in [0, 0.1) is 19.3 Å². The first kappa shape index (κ1) is 26.6. The molecule has 208 valence electrons. The van der Waals surface area contributed by atoms with Crippen molar-refractivity contribution in [3.63, 3.8) is 0 Å². The normalized spacial score (nSPS) is 25.4. The summed E-state index contributed by atoms with van der Waals surface area (Å²) >= 11 is 0. The number of hydrogen-bond donors (Lipinski definition) is 0. The second-order valence-electron chi connectivity index (χ2n) is 13.7. The Morgan fingerprint density at radius 3 is 2.21 bits per heavy atom. The monoisotopic (exact) mass is 526 g/mol. The Labute approximate surface area is 234 Å². The van der Waals surface area contributed by atoms with Crippen molar-refractivity contribution >= 4 is 16.9 Å². The van der Waals surface area contributed by atoms with Crippen LogP contribution in [0.15, 0.2) is 48.5 Å². The SMILES string of the molecule is Cc1ccc(C2(CCN3[C@@H]4CC[C@H]3CC(n3c(C)nc5ccccc53)C4)CCN(C(=O)C(C)(C)C)CC2)cc1. The van der Waals surface area contributed by atoms with Crippen molar-refractivity contribution in [1.29, 1.82) is 0 Å². The molecular weight excluding hydrogens is 480 g/mol. The molecule has 3 aliphatic rings. The topological polar surface area (TPSA) is 41.4 Å². The number of rotatable bonds is 5. The number of fused-ring (bicyclic) bond motifs is 3. The highest BCUT2D eigenvalue weighted by Crippen LogP contribution is 2.45. The molecule has 39 heavy (non-hydrogen) atoms. The number of carbonyl (C=O) groups is 1. The Hall–Kier alpha value is -2.66. The molecule has 2 bridgehead atoms. The van der Waals surface area contributed by atoms with Crippen LogP contribution in [0.1, 0.15) is 88.7 Å². The number of amides is 1. The molecule has 0 saturated carbocycles. The number of aryl methyl sites for hydroxylation is 2. The average Bonchev–Trinajstić information content (AvgIpc) is 3.37.